The number of amides is 4. The minimum atomic E-state index is -0.692. The molecule has 0 radical (unpaired) electrons. The Kier molecular flexibility index (Phi) is 10.8. The number of nitrogens with zero attached hydrogens (tertiary/aromatic N) is 6. The Balaban J connectivity index is 0.764. The van der Waals surface area contributed by atoms with E-state index in [2.05, 4.69) is 32.7 Å². The summed E-state index contributed by atoms with van der Waals surface area (Å²) in [5.41, 5.74) is 8.57. The Labute approximate surface area is 391 Å². The van der Waals surface area contributed by atoms with E-state index < -0.39 is 24.3 Å². The van der Waals surface area contributed by atoms with Crippen LogP contribution in [0.1, 0.15) is 75.1 Å². The summed E-state index contributed by atoms with van der Waals surface area (Å²) in [4.78, 5) is 84.3. The third-order valence-corrected chi connectivity index (χ3v) is 15.5. The van der Waals surface area contributed by atoms with Gasteiger partial charge in [0.1, 0.15) is 23.7 Å². The van der Waals surface area contributed by atoms with Crippen LogP contribution in [0.3, 0.4) is 0 Å². The molecule has 6 aliphatic rings. The number of H-pyrrole nitrogens is 2. The van der Waals surface area contributed by atoms with Crippen LogP contribution in [0, 0.1) is 23.7 Å². The third kappa shape index (κ3) is 7.76. The number of benzene rings is 2. The van der Waals surface area contributed by atoms with Gasteiger partial charge in [-0.2, -0.15) is 0 Å². The van der Waals surface area contributed by atoms with Crippen LogP contribution in [-0.4, -0.2) is 129 Å². The van der Waals surface area contributed by atoms with Gasteiger partial charge >= 0.3 is 12.2 Å². The quantitative estimate of drug-likeness (QED) is 0.118. The van der Waals surface area contributed by atoms with Crippen molar-refractivity contribution in [2.75, 3.05) is 40.6 Å². The minimum Gasteiger partial charge on any atom is -0.453 e. The lowest BCUT2D eigenvalue weighted by molar-refractivity contribution is -0.138. The zero-order valence-electron chi connectivity index (χ0n) is 38.0. The highest BCUT2D eigenvalue weighted by molar-refractivity contribution is 5.91. The van der Waals surface area contributed by atoms with E-state index in [1.165, 1.54) is 14.2 Å². The van der Waals surface area contributed by atoms with Gasteiger partial charge in [0, 0.05) is 62.0 Å². The van der Waals surface area contributed by atoms with Crippen LogP contribution in [0.2, 0.25) is 0 Å². The number of hydrogen-bond donors (Lipinski definition) is 4. The fraction of sp³-hybridized carbons (Fsp3) is 0.480. The van der Waals surface area contributed by atoms with Gasteiger partial charge in [0.25, 0.3) is 0 Å². The molecule has 4 aliphatic heterocycles. The number of aromatic nitrogens is 6. The maximum absolute atomic E-state index is 14.3. The predicted octanol–water partition coefficient (Wildman–Crippen LogP) is 6.34. The number of pyridine rings is 2. The predicted molar refractivity (Wildman–Crippen MR) is 248 cm³/mol. The van der Waals surface area contributed by atoms with E-state index in [0.29, 0.717) is 63.9 Å². The first-order valence-electron chi connectivity index (χ1n) is 24.0. The Bertz CT molecular complexity index is 2760. The standard InChI is InChI=1S/C50H54N10O8/c1-65-49(63)57-43(25-7-11-67-12-8-25)47(61)59-39-19-29(39)21-41(59)45-53-33-5-3-27(15-37(33)55-45)31-17-35-36(51-23-31)18-32(24-52-35)28-4-6-34-38(16-28)56-46(54-34)42-22-30-20-40(30)60(42)48(62)44(58-50(64)66-2)26-9-13-68-14-10-26/h3-6,15-18,23-26,29-30,39-44H,7-14,19-22H2,1-2H3,(H,53,55)(H,54,56)(H,57,63)(H,58,64)/t29-,30-,39-,40-,41+,42+,43+,44+/m1/s1. The van der Waals surface area contributed by atoms with Crippen LogP contribution in [0.25, 0.3) is 55.4 Å². The highest BCUT2D eigenvalue weighted by Crippen LogP contribution is 2.55. The number of aromatic amines is 2. The summed E-state index contributed by atoms with van der Waals surface area (Å²) in [6, 6.07) is 14.7. The number of hydrogen-bond acceptors (Lipinski definition) is 12. The van der Waals surface area contributed by atoms with Crippen molar-refractivity contribution >= 4 is 57.1 Å². The number of nitrogens with one attached hydrogen (secondary N) is 4. The zero-order valence-corrected chi connectivity index (χ0v) is 38.0. The SMILES string of the molecule is COC(=O)N[C@H](C(=O)N1[C@@H]2C[C@@H]2C[C@H]1c1nc2ccc(-c3cnc4cc(-c5ccc6nc([C@@H]7C[C@H]8C[C@H]8N7C(=O)[C@@H](NC(=O)OC)C7CCOCC7)[nH]c6c5)cnc4c3)cc2[nH]1)C1CCOCC1. The molecule has 68 heavy (non-hydrogen) atoms. The van der Waals surface area contributed by atoms with Gasteiger partial charge in [-0.25, -0.2) is 19.6 Å². The maximum Gasteiger partial charge on any atom is 0.407 e. The molecule has 4 amide bonds. The summed E-state index contributed by atoms with van der Waals surface area (Å²) in [6.45, 7) is 2.22. The van der Waals surface area contributed by atoms with Crippen LogP contribution in [-0.2, 0) is 28.5 Å². The van der Waals surface area contributed by atoms with Crippen molar-refractivity contribution in [3.05, 3.63) is 72.6 Å². The van der Waals surface area contributed by atoms with Crippen LogP contribution in [0.5, 0.6) is 0 Å². The lowest BCUT2D eigenvalue weighted by atomic mass is 9.90. The monoisotopic (exact) mass is 922 g/mol. The third-order valence-electron chi connectivity index (χ3n) is 15.5. The van der Waals surface area contributed by atoms with E-state index >= 15 is 0 Å². The molecular formula is C50H54N10O8. The van der Waals surface area contributed by atoms with Crippen molar-refractivity contribution in [2.24, 2.45) is 23.7 Å². The summed E-state index contributed by atoms with van der Waals surface area (Å²) >= 11 is 0. The second-order valence-electron chi connectivity index (χ2n) is 19.4. The zero-order chi connectivity index (χ0) is 46.2. The molecule has 18 heteroatoms. The van der Waals surface area contributed by atoms with Crippen molar-refractivity contribution in [2.45, 2.75) is 87.6 Å². The van der Waals surface area contributed by atoms with Gasteiger partial charge in [-0.05, 0) is 123 Å². The van der Waals surface area contributed by atoms with Gasteiger partial charge in [-0.1, -0.05) is 12.1 Å². The number of fused-ring (bicyclic) bond motifs is 5. The number of carbonyl (C=O) groups excluding carboxylic acids is 4. The molecule has 0 unspecified atom stereocenters. The van der Waals surface area contributed by atoms with E-state index in [9.17, 15) is 19.2 Å². The van der Waals surface area contributed by atoms with E-state index in [0.717, 1.165) is 92.7 Å². The molecular weight excluding hydrogens is 869 g/mol. The van der Waals surface area contributed by atoms with Crippen molar-refractivity contribution in [3.8, 4) is 22.3 Å². The molecule has 4 N–H and O–H groups in total. The van der Waals surface area contributed by atoms with E-state index in [1.54, 1.807) is 0 Å². The number of rotatable bonds is 10. The minimum absolute atomic E-state index is 0.0364. The number of methoxy groups -OCH3 is 2. The number of alkyl carbamates (subject to hydrolysis) is 2. The van der Waals surface area contributed by atoms with Gasteiger partial charge in [0.05, 0.1) is 59.4 Å². The summed E-state index contributed by atoms with van der Waals surface area (Å²) in [7, 11) is 2.64. The van der Waals surface area contributed by atoms with E-state index in [1.807, 2.05) is 58.6 Å². The number of ether oxygens (including phenoxy) is 4. The number of likely N-dealkylation sites (tertiary alicyclic amines) is 2. The van der Waals surface area contributed by atoms with Gasteiger partial charge < -0.3 is 49.3 Å². The van der Waals surface area contributed by atoms with Crippen molar-refractivity contribution in [1.29, 1.82) is 0 Å². The first-order chi connectivity index (χ1) is 33.2. The Morgan fingerprint density at radius 1 is 0.588 bits per heavy atom. The number of piperidine rings is 2. The highest BCUT2D eigenvalue weighted by Gasteiger charge is 2.58. The maximum atomic E-state index is 14.3. The van der Waals surface area contributed by atoms with Crippen LogP contribution in [0.4, 0.5) is 9.59 Å². The summed E-state index contributed by atoms with van der Waals surface area (Å²) in [5, 5.41) is 5.72. The van der Waals surface area contributed by atoms with Gasteiger partial charge in [-0.3, -0.25) is 19.6 Å². The van der Waals surface area contributed by atoms with Crippen molar-refractivity contribution < 1.29 is 38.1 Å². The number of imidazole rings is 2. The molecule has 12 rings (SSSR count). The second kappa shape index (κ2) is 17.1. The average molecular weight is 923 g/mol. The molecule has 6 aromatic rings. The van der Waals surface area contributed by atoms with E-state index in [-0.39, 0.29) is 47.8 Å². The molecule has 8 heterocycles. The van der Waals surface area contributed by atoms with Gasteiger partial charge in [-0.15, -0.1) is 0 Å². The fourth-order valence-corrected chi connectivity index (χ4v) is 11.6. The van der Waals surface area contributed by atoms with Crippen molar-refractivity contribution in [3.63, 3.8) is 0 Å². The van der Waals surface area contributed by atoms with E-state index in [4.69, 9.17) is 38.9 Å². The van der Waals surface area contributed by atoms with Crippen LogP contribution in [0.15, 0.2) is 60.9 Å². The highest BCUT2D eigenvalue weighted by atomic mass is 16.5. The smallest absolute Gasteiger partial charge is 0.407 e. The Morgan fingerprint density at radius 3 is 1.43 bits per heavy atom. The first-order valence-corrected chi connectivity index (χ1v) is 24.0. The molecule has 4 aromatic heterocycles. The number of carbonyl (C=O) groups is 4. The topological polar surface area (TPSA) is 219 Å². The molecule has 18 nitrogen and oxygen atoms in total. The Morgan fingerprint density at radius 2 is 1.01 bits per heavy atom. The fourth-order valence-electron chi connectivity index (χ4n) is 11.6. The summed E-state index contributed by atoms with van der Waals surface area (Å²) in [6.07, 6.45) is 8.82. The average Bonchev–Trinajstić information content (AvgIpc) is 4.04. The molecule has 352 valence electrons. The molecule has 8 atom stereocenters. The molecule has 6 fully saturated rings. The lowest BCUT2D eigenvalue weighted by Gasteiger charge is -2.35. The van der Waals surface area contributed by atoms with Gasteiger partial charge in [0.2, 0.25) is 11.8 Å². The molecule has 2 aromatic carbocycles. The largest absolute Gasteiger partial charge is 0.453 e. The van der Waals surface area contributed by atoms with Crippen LogP contribution < -0.4 is 10.6 Å². The lowest BCUT2D eigenvalue weighted by Crippen LogP contribution is -2.54. The normalized spacial score (nSPS) is 25.5. The molecule has 2 aliphatic carbocycles. The molecule has 2 saturated carbocycles. The molecule has 0 bridgehead atoms. The van der Waals surface area contributed by atoms with Crippen molar-refractivity contribution in [1.82, 2.24) is 50.3 Å². The first kappa shape index (κ1) is 42.7. The summed E-state index contributed by atoms with van der Waals surface area (Å²) in [5.74, 6) is 2.07. The molecule has 0 spiro atoms. The van der Waals surface area contributed by atoms with Crippen LogP contribution >= 0.6 is 0 Å². The summed E-state index contributed by atoms with van der Waals surface area (Å²) < 4.78 is 21.0. The van der Waals surface area contributed by atoms with Gasteiger partial charge in [0.15, 0.2) is 0 Å². The molecule has 4 saturated heterocycles. The second-order valence-corrected chi connectivity index (χ2v) is 19.4. The Hall–Kier alpha value is -6.66.